The molecule has 0 saturated heterocycles. The first-order valence-electron chi connectivity index (χ1n) is 7.95. The Hall–Kier alpha value is -2.03. The Morgan fingerprint density at radius 3 is 2.54 bits per heavy atom. The molecule has 2 rings (SSSR count). The van der Waals surface area contributed by atoms with Gasteiger partial charge < -0.3 is 10.1 Å². The number of rotatable bonds is 6. The Kier molecular flexibility index (Phi) is 6.33. The maximum Gasteiger partial charge on any atom is 0.419 e. The smallest absolute Gasteiger partial charge is 0.419 e. The minimum Gasteiger partial charge on any atom is -0.491 e. The zero-order valence-corrected chi connectivity index (χ0v) is 16.0. The number of aromatic amines is 1. The zero-order chi connectivity index (χ0) is 19.5. The Labute approximate surface area is 157 Å². The van der Waals surface area contributed by atoms with Gasteiger partial charge in [-0.1, -0.05) is 26.0 Å². The lowest BCUT2D eigenvalue weighted by atomic mass is 10.1. The number of ether oxygens (including phenoxy) is 1. The predicted octanol–water partition coefficient (Wildman–Crippen LogP) is 4.51. The molecule has 1 aromatic heterocycles. The van der Waals surface area contributed by atoms with Crippen LogP contribution in [0, 0.1) is 0 Å². The number of benzene rings is 1. The van der Waals surface area contributed by atoms with Gasteiger partial charge in [-0.25, -0.2) is 0 Å². The molecule has 0 radical (unpaired) electrons. The van der Waals surface area contributed by atoms with E-state index in [4.69, 9.17) is 4.74 Å². The van der Waals surface area contributed by atoms with Crippen molar-refractivity contribution in [3.8, 4) is 5.75 Å². The lowest BCUT2D eigenvalue weighted by Crippen LogP contribution is -2.37. The Balaban J connectivity index is 2.00. The molecule has 0 bridgehead atoms. The fraction of sp³-hybridized carbons (Fsp3) is 0.412. The van der Waals surface area contributed by atoms with E-state index in [1.165, 1.54) is 18.2 Å². The van der Waals surface area contributed by atoms with E-state index in [9.17, 15) is 18.0 Å². The van der Waals surface area contributed by atoms with E-state index in [1.54, 1.807) is 6.92 Å². The molecular weight excluding hydrogens is 415 g/mol. The van der Waals surface area contributed by atoms with Crippen molar-refractivity contribution in [1.29, 1.82) is 0 Å². The van der Waals surface area contributed by atoms with Crippen LogP contribution in [0.4, 0.5) is 13.2 Å². The quantitative estimate of drug-likeness (QED) is 0.703. The molecule has 2 aromatic rings. The van der Waals surface area contributed by atoms with E-state index in [-0.39, 0.29) is 24.0 Å². The molecule has 142 valence electrons. The number of carbonyl (C=O) groups is 1. The largest absolute Gasteiger partial charge is 0.491 e. The van der Waals surface area contributed by atoms with Gasteiger partial charge in [0.1, 0.15) is 12.4 Å². The third-order valence-corrected chi connectivity index (χ3v) is 4.39. The predicted molar refractivity (Wildman–Crippen MR) is 94.2 cm³/mol. The number of nitrogens with zero attached hydrogens (tertiary/aromatic N) is 1. The summed E-state index contributed by atoms with van der Waals surface area (Å²) in [6, 6.07) is 4.43. The van der Waals surface area contributed by atoms with Crippen molar-refractivity contribution >= 4 is 21.8 Å². The molecule has 1 amide bonds. The average Bonchev–Trinajstić information content (AvgIpc) is 2.94. The highest BCUT2D eigenvalue weighted by atomic mass is 79.9. The van der Waals surface area contributed by atoms with E-state index >= 15 is 0 Å². The van der Waals surface area contributed by atoms with Crippen LogP contribution >= 0.6 is 15.9 Å². The van der Waals surface area contributed by atoms with Crippen LogP contribution in [0.25, 0.3) is 0 Å². The van der Waals surface area contributed by atoms with E-state index in [1.807, 2.05) is 13.8 Å². The average molecular weight is 434 g/mol. The van der Waals surface area contributed by atoms with Gasteiger partial charge in [0.25, 0.3) is 5.91 Å². The molecule has 1 unspecified atom stereocenters. The maximum atomic E-state index is 12.9. The fourth-order valence-electron chi connectivity index (χ4n) is 2.25. The lowest BCUT2D eigenvalue weighted by molar-refractivity contribution is -0.139. The fourth-order valence-corrected chi connectivity index (χ4v) is 3.07. The molecular formula is C17H19BrF3N3O2. The standard InChI is InChI=1S/C17H19BrF3N3O2/c1-9(2)14-13(18)15(24-23-14)16(25)22-10(3)8-26-12-7-5-4-6-11(12)17(19,20)21/h4-7,9-10H,8H2,1-3H3,(H,22,25)(H,23,24). The highest BCUT2D eigenvalue weighted by Gasteiger charge is 2.34. The minimum atomic E-state index is -4.50. The molecule has 0 fully saturated rings. The summed E-state index contributed by atoms with van der Waals surface area (Å²) in [4.78, 5) is 12.3. The summed E-state index contributed by atoms with van der Waals surface area (Å²) >= 11 is 3.34. The van der Waals surface area contributed by atoms with Gasteiger partial charge in [0.05, 0.1) is 21.8 Å². The van der Waals surface area contributed by atoms with Crippen molar-refractivity contribution in [2.45, 2.75) is 38.9 Å². The Morgan fingerprint density at radius 2 is 1.96 bits per heavy atom. The van der Waals surface area contributed by atoms with Gasteiger partial charge in [0, 0.05) is 0 Å². The van der Waals surface area contributed by atoms with Crippen LogP contribution in [0.1, 0.15) is 48.4 Å². The minimum absolute atomic E-state index is 0.113. The molecule has 2 N–H and O–H groups in total. The summed E-state index contributed by atoms with van der Waals surface area (Å²) in [5.41, 5.74) is 0.129. The molecule has 0 spiro atoms. The van der Waals surface area contributed by atoms with E-state index in [0.29, 0.717) is 4.47 Å². The molecule has 0 saturated carbocycles. The summed E-state index contributed by atoms with van der Waals surface area (Å²) < 4.78 is 44.7. The first-order valence-corrected chi connectivity index (χ1v) is 8.74. The summed E-state index contributed by atoms with van der Waals surface area (Å²) in [6.07, 6.45) is -4.50. The van der Waals surface area contributed by atoms with E-state index in [2.05, 4.69) is 31.4 Å². The molecule has 9 heteroatoms. The number of carbonyl (C=O) groups excluding carboxylic acids is 1. The Bertz CT molecular complexity index is 775. The number of aromatic nitrogens is 2. The second kappa shape index (κ2) is 8.11. The third kappa shape index (κ3) is 4.78. The number of para-hydroxylation sites is 1. The van der Waals surface area contributed by atoms with Gasteiger partial charge in [-0.15, -0.1) is 0 Å². The second-order valence-corrected chi connectivity index (χ2v) is 6.93. The summed E-state index contributed by atoms with van der Waals surface area (Å²) in [5, 5.41) is 9.44. The van der Waals surface area contributed by atoms with Gasteiger partial charge in [0.2, 0.25) is 0 Å². The van der Waals surface area contributed by atoms with Crippen molar-refractivity contribution in [2.75, 3.05) is 6.61 Å². The van der Waals surface area contributed by atoms with E-state index in [0.717, 1.165) is 11.8 Å². The summed E-state index contributed by atoms with van der Waals surface area (Å²) in [6.45, 7) is 5.43. The highest BCUT2D eigenvalue weighted by molar-refractivity contribution is 9.10. The van der Waals surface area contributed by atoms with Gasteiger partial charge in [-0.3, -0.25) is 9.89 Å². The van der Waals surface area contributed by atoms with Crippen molar-refractivity contribution in [3.63, 3.8) is 0 Å². The van der Waals surface area contributed by atoms with Crippen molar-refractivity contribution in [2.24, 2.45) is 0 Å². The normalized spacial score (nSPS) is 12.9. The molecule has 26 heavy (non-hydrogen) atoms. The van der Waals surface area contributed by atoms with Gasteiger partial charge in [-0.05, 0) is 40.9 Å². The topological polar surface area (TPSA) is 67.0 Å². The summed E-state index contributed by atoms with van der Waals surface area (Å²) in [5.74, 6) is -0.567. The van der Waals surface area contributed by atoms with Crippen molar-refractivity contribution in [1.82, 2.24) is 15.5 Å². The van der Waals surface area contributed by atoms with Gasteiger partial charge in [0.15, 0.2) is 5.69 Å². The Morgan fingerprint density at radius 1 is 1.31 bits per heavy atom. The molecule has 1 atom stereocenters. The van der Waals surface area contributed by atoms with Crippen molar-refractivity contribution < 1.29 is 22.7 Å². The number of amides is 1. The molecule has 0 aliphatic carbocycles. The second-order valence-electron chi connectivity index (χ2n) is 6.13. The molecule has 0 aliphatic heterocycles. The molecule has 1 heterocycles. The van der Waals surface area contributed by atoms with Crippen LogP contribution in [0.3, 0.4) is 0 Å². The molecule has 0 aliphatic rings. The number of hydrogen-bond acceptors (Lipinski definition) is 3. The molecule has 5 nitrogen and oxygen atoms in total. The molecule has 1 aromatic carbocycles. The van der Waals surface area contributed by atoms with E-state index < -0.39 is 23.7 Å². The monoisotopic (exact) mass is 433 g/mol. The number of hydrogen-bond donors (Lipinski definition) is 2. The zero-order valence-electron chi connectivity index (χ0n) is 14.4. The SMILES string of the molecule is CC(COc1ccccc1C(F)(F)F)NC(=O)c1n[nH]c(C(C)C)c1Br. The van der Waals surface area contributed by atoms with Crippen LogP contribution in [0.15, 0.2) is 28.7 Å². The third-order valence-electron chi connectivity index (χ3n) is 3.58. The first kappa shape index (κ1) is 20.3. The number of H-pyrrole nitrogens is 1. The summed E-state index contributed by atoms with van der Waals surface area (Å²) in [7, 11) is 0. The van der Waals surface area contributed by atoms with Crippen LogP contribution in [0.2, 0.25) is 0 Å². The maximum absolute atomic E-state index is 12.9. The lowest BCUT2D eigenvalue weighted by Gasteiger charge is -2.17. The van der Waals surface area contributed by atoms with Gasteiger partial charge >= 0.3 is 6.18 Å². The van der Waals surface area contributed by atoms with Crippen LogP contribution in [-0.2, 0) is 6.18 Å². The van der Waals surface area contributed by atoms with Gasteiger partial charge in [-0.2, -0.15) is 18.3 Å². The van der Waals surface area contributed by atoms with Crippen LogP contribution < -0.4 is 10.1 Å². The number of alkyl halides is 3. The van der Waals surface area contributed by atoms with Crippen LogP contribution in [0.5, 0.6) is 5.75 Å². The number of halogens is 4. The van der Waals surface area contributed by atoms with Crippen LogP contribution in [-0.4, -0.2) is 28.8 Å². The van der Waals surface area contributed by atoms with Crippen molar-refractivity contribution in [3.05, 3.63) is 45.7 Å². The first-order chi connectivity index (χ1) is 12.1. The number of nitrogens with one attached hydrogen (secondary N) is 2. The highest BCUT2D eigenvalue weighted by Crippen LogP contribution is 2.35.